The summed E-state index contributed by atoms with van der Waals surface area (Å²) in [6, 6.07) is 47.5. The molecule has 96 heavy (non-hydrogen) atoms. The molecular weight excluding hydrogens is 1270 g/mol. The van der Waals surface area contributed by atoms with Gasteiger partial charge in [-0.1, -0.05) is 126 Å². The third-order valence-electron chi connectivity index (χ3n) is 20.6. The van der Waals surface area contributed by atoms with Gasteiger partial charge in [-0.2, -0.15) is 0 Å². The average molecular weight is 1360 g/mol. The Bertz CT molecular complexity index is 3400. The van der Waals surface area contributed by atoms with Crippen LogP contribution in [0.25, 0.3) is 20.9 Å². The number of carbonyl (C=O) groups excluding carboxylic acids is 2. The zero-order chi connectivity index (χ0) is 68.5. The van der Waals surface area contributed by atoms with Crippen molar-refractivity contribution in [3.8, 4) is 0 Å². The minimum absolute atomic E-state index is 0.0499. The molecule has 5 fully saturated rings. The third-order valence-corrected chi connectivity index (χ3v) is 32.1. The van der Waals surface area contributed by atoms with Crippen LogP contribution in [0.4, 0.5) is 0 Å². The molecule has 1 radical (unpaired) electrons. The molecule has 0 aromatic heterocycles. The second-order valence-corrected chi connectivity index (χ2v) is 38.3. The van der Waals surface area contributed by atoms with Crippen molar-refractivity contribution in [2.45, 2.75) is 198 Å². The van der Waals surface area contributed by atoms with Crippen LogP contribution in [0.3, 0.4) is 0 Å². The van der Waals surface area contributed by atoms with Gasteiger partial charge in [0.05, 0.1) is 31.0 Å². The number of hydrogen-bond donors (Lipinski definition) is 0. The first kappa shape index (κ1) is 72.8. The number of benzene rings is 5. The van der Waals surface area contributed by atoms with Gasteiger partial charge >= 0.3 is 308 Å². The van der Waals surface area contributed by atoms with Crippen molar-refractivity contribution in [2.24, 2.45) is 39.8 Å². The normalized spacial score (nSPS) is 31.7. The van der Waals surface area contributed by atoms with Gasteiger partial charge < -0.3 is 18.6 Å². The molecule has 0 amide bonds. The van der Waals surface area contributed by atoms with Crippen LogP contribution in [0, 0.1) is 29.6 Å². The van der Waals surface area contributed by atoms with E-state index in [1.165, 1.54) is 13.8 Å². The fourth-order valence-corrected chi connectivity index (χ4v) is 25.7. The Morgan fingerprint density at radius 1 is 0.521 bits per heavy atom. The Hall–Kier alpha value is -5.91. The molecule has 5 heterocycles. The van der Waals surface area contributed by atoms with Crippen LogP contribution in [0.15, 0.2) is 162 Å². The van der Waals surface area contributed by atoms with E-state index in [0.29, 0.717) is 0 Å². The Labute approximate surface area is 569 Å². The molecule has 10 unspecified atom stereocenters. The molecule has 0 N–H and O–H groups in total. The fraction of sp³-hybridized carbons (Fsp3) is 0.549. The van der Waals surface area contributed by atoms with E-state index in [1.807, 2.05) is 93.6 Å². The molecule has 509 valence electrons. The number of ether oxygens (including phenoxy) is 9. The van der Waals surface area contributed by atoms with Crippen LogP contribution >= 0.6 is 8.46 Å². The Balaban J connectivity index is 1.05. The maximum absolute atomic E-state index is 14.8. The Morgan fingerprint density at radius 3 is 1.45 bits per heavy atom. The van der Waals surface area contributed by atoms with Gasteiger partial charge in [0, 0.05) is 4.91 Å². The van der Waals surface area contributed by atoms with Crippen LogP contribution < -0.4 is 20.7 Å². The zero-order valence-corrected chi connectivity index (χ0v) is 60.1. The van der Waals surface area contributed by atoms with Gasteiger partial charge in [0.1, 0.15) is 6.10 Å². The topological polar surface area (TPSA) is 250 Å². The van der Waals surface area contributed by atoms with Gasteiger partial charge in [0.25, 0.3) is 8.32 Å². The van der Waals surface area contributed by atoms with Crippen LogP contribution in [0.2, 0.25) is 10.1 Å². The summed E-state index contributed by atoms with van der Waals surface area (Å²) in [5.41, 5.74) is 20.6. The maximum atomic E-state index is 14.8. The van der Waals surface area contributed by atoms with Crippen molar-refractivity contribution in [2.75, 3.05) is 19.8 Å². The Morgan fingerprint density at radius 2 is 0.948 bits per heavy atom. The van der Waals surface area contributed by atoms with Gasteiger partial charge in [-0.05, 0) is 63.7 Å². The number of carbonyl (C=O) groups is 2. The van der Waals surface area contributed by atoms with E-state index in [0.717, 1.165) is 40.6 Å². The molecular formula is C71H92B2N6O14PSi2. The van der Waals surface area contributed by atoms with Gasteiger partial charge in [-0.3, -0.25) is 0 Å². The van der Waals surface area contributed by atoms with E-state index in [4.69, 9.17) is 51.5 Å². The number of rotatable bonds is 25. The van der Waals surface area contributed by atoms with Crippen LogP contribution in [-0.4, -0.2) is 154 Å². The van der Waals surface area contributed by atoms with E-state index >= 15 is 0 Å². The molecule has 0 saturated carbocycles. The van der Waals surface area contributed by atoms with Crippen molar-refractivity contribution in [1.82, 2.24) is 0 Å². The minimum atomic E-state index is -3.31. The van der Waals surface area contributed by atoms with Crippen LogP contribution in [0.5, 0.6) is 0 Å². The quantitative estimate of drug-likeness (QED) is 0.0132. The summed E-state index contributed by atoms with van der Waals surface area (Å²) in [6.45, 7) is 25.7. The molecule has 2 bridgehead atoms. The van der Waals surface area contributed by atoms with Crippen molar-refractivity contribution in [3.05, 3.63) is 178 Å². The van der Waals surface area contributed by atoms with E-state index in [9.17, 15) is 25.4 Å². The van der Waals surface area contributed by atoms with Gasteiger partial charge in [-0.15, -0.1) is 0 Å². The molecule has 5 aliphatic rings. The predicted octanol–water partition coefficient (Wildman–Crippen LogP) is 11.0. The first-order valence-corrected chi connectivity index (χ1v) is 38.6. The summed E-state index contributed by atoms with van der Waals surface area (Å²) in [4.78, 5) is 34.5. The van der Waals surface area contributed by atoms with Crippen molar-refractivity contribution < 1.29 is 65.8 Å². The van der Waals surface area contributed by atoms with Crippen LogP contribution in [-0.2, 0) is 61.0 Å². The van der Waals surface area contributed by atoms with Gasteiger partial charge in [-0.25, -0.2) is 0 Å². The van der Waals surface area contributed by atoms with Crippen LogP contribution in [0.1, 0.15) is 106 Å². The first-order valence-electron chi connectivity index (χ1n) is 33.7. The molecule has 25 heteroatoms. The van der Waals surface area contributed by atoms with E-state index in [1.54, 1.807) is 30.3 Å². The molecule has 20 nitrogen and oxygen atoms in total. The summed E-state index contributed by atoms with van der Waals surface area (Å²) in [5, 5.41) is 12.1. The molecule has 0 spiro atoms. The molecule has 5 aromatic rings. The summed E-state index contributed by atoms with van der Waals surface area (Å²) in [7, 11) is -5.88. The second-order valence-electron chi connectivity index (χ2n) is 28.4. The monoisotopic (exact) mass is 1360 g/mol. The van der Waals surface area contributed by atoms with E-state index in [-0.39, 0.29) is 63.8 Å². The first-order chi connectivity index (χ1) is 46.1. The summed E-state index contributed by atoms with van der Waals surface area (Å²) < 4.78 is 89.9. The number of azide groups is 2. The average Bonchev–Trinajstić information content (AvgIpc) is 0.915. The molecule has 5 aromatic carbocycles. The van der Waals surface area contributed by atoms with Crippen molar-refractivity contribution >= 4 is 71.7 Å². The molecule has 5 saturated heterocycles. The number of fused-ring (bicyclic) bond motifs is 2. The van der Waals surface area contributed by atoms with Gasteiger partial charge in [0.15, 0.2) is 6.29 Å². The summed E-state index contributed by atoms with van der Waals surface area (Å²) in [5.74, 6) is -2.99. The number of esters is 2. The second kappa shape index (κ2) is 32.0. The molecule has 5 aliphatic heterocycles. The van der Waals surface area contributed by atoms with E-state index < -0.39 is 130 Å². The predicted molar refractivity (Wildman–Crippen MR) is 374 cm³/mol. The number of nitrogens with zero attached hydrogens (tertiary/aromatic N) is 6. The SMILES string of the molecule is CC(=O)OCC1O[C@@H](O[C@@H]2C(CO[Si](c3ccccc3)(c3ccccc3)C(C)(C)C)O[C@@H](OC3C4CCC(O4)[C@@H](C)[C@H]3C)C(N=[N+]=[N-])[C@H]2C)C(OC(=O)c2ccccc2)[C@@H](C)[C@@H]1O[C@@H]1OC(CO[Si](c2ccccc2)(c2ccccc2)C(C)(C)C)[C@@H](C)[C@H](P[B]B=O)C1N=[N+]=[N-]. The van der Waals surface area contributed by atoms with E-state index in [2.05, 4.69) is 124 Å². The zero-order valence-electron chi connectivity index (χ0n) is 57.1. The Kier molecular flexibility index (Phi) is 24.2. The molecule has 10 rings (SSSR count). The molecule has 0 aliphatic carbocycles. The fourth-order valence-electron chi connectivity index (χ4n) is 15.4. The van der Waals surface area contributed by atoms with Gasteiger partial charge in [0.2, 0.25) is 0 Å². The van der Waals surface area contributed by atoms with Crippen molar-refractivity contribution in [3.63, 3.8) is 0 Å². The van der Waals surface area contributed by atoms with Crippen molar-refractivity contribution in [1.29, 1.82) is 0 Å². The number of hydrogen-bond acceptors (Lipinski definition) is 16. The third kappa shape index (κ3) is 15.4. The summed E-state index contributed by atoms with van der Waals surface area (Å²) in [6.07, 6.45) is -9.00. The standard InChI is InChI=1S/C71H92B2N6O14PSi2/c1-43-44(2)61(55-39-38-54(43)86-55)91-67-59(76-78-74)46(4)62(58(88-67)42-85-96(71(10,11)12,52-34-24-16-25-35-52)53-36-26-17-27-37-53)93-69-64(90-66(81)49-28-18-13-19-29-49)47(5)63(57(89-69)40-83-48(6)80)92-68-60(77-79-75)65(94-73-72-82)45(3)56(87-68)41-84-95(70(7,8)9,50-30-20-14-21-31-50)51-32-22-15-23-33-51/h13-37,43-47,54-65,67-69,94H,38-42H2,1-12H3/t43-,44+,45+,46+,47-,54?,55?,56?,57?,58?,59?,60?,61?,62-,63-,64?,65-,67-,68-,69-/m0/s1. The molecule has 21 atom stereocenters. The summed E-state index contributed by atoms with van der Waals surface area (Å²) >= 11 is 0.